The van der Waals surface area contributed by atoms with Crippen LogP contribution in [0.1, 0.15) is 47.7 Å². The molecule has 34 heavy (non-hydrogen) atoms. The number of carbonyl (C=O) groups is 2. The number of fused-ring (bicyclic) bond motifs is 5. The quantitative estimate of drug-likeness (QED) is 0.398. The van der Waals surface area contributed by atoms with Crippen molar-refractivity contribution in [3.05, 3.63) is 101 Å². The molecule has 0 aliphatic carbocycles. The van der Waals surface area contributed by atoms with Gasteiger partial charge in [0, 0.05) is 23.4 Å². The van der Waals surface area contributed by atoms with Crippen LogP contribution in [0.4, 0.5) is 10.5 Å². The standard InChI is InChI=1S/C29H27N3O2/c1-4-19-12-14-20(15-13-19)23-17-31-28(34)32(21-9-7-8-18(2)16-21)27(33)29(31,3)26-25(23)22-10-5-6-11-24(22)30-26/h5-16,23,30H,4,17H2,1-3H3/t23-,29-/m0/s1. The summed E-state index contributed by atoms with van der Waals surface area (Å²) >= 11 is 0. The molecule has 3 heterocycles. The first-order valence-electron chi connectivity index (χ1n) is 11.9. The Labute approximate surface area is 199 Å². The van der Waals surface area contributed by atoms with E-state index in [1.54, 1.807) is 4.90 Å². The molecule has 1 aromatic heterocycles. The molecular weight excluding hydrogens is 422 g/mol. The zero-order chi connectivity index (χ0) is 23.6. The predicted octanol–water partition coefficient (Wildman–Crippen LogP) is 5.87. The lowest BCUT2D eigenvalue weighted by Crippen LogP contribution is -2.50. The van der Waals surface area contributed by atoms with Crippen LogP contribution in [0.5, 0.6) is 0 Å². The fourth-order valence-electron chi connectivity index (χ4n) is 5.67. The van der Waals surface area contributed by atoms with E-state index in [1.807, 2.05) is 56.3 Å². The lowest BCUT2D eigenvalue weighted by molar-refractivity contribution is -0.125. The maximum atomic E-state index is 14.0. The van der Waals surface area contributed by atoms with E-state index in [-0.39, 0.29) is 17.9 Å². The van der Waals surface area contributed by atoms with Crippen LogP contribution < -0.4 is 4.90 Å². The minimum absolute atomic E-state index is 0.0284. The average Bonchev–Trinajstić information content (AvgIpc) is 3.33. The summed E-state index contributed by atoms with van der Waals surface area (Å²) in [6.07, 6.45) is 0.978. The summed E-state index contributed by atoms with van der Waals surface area (Å²) in [5.41, 5.74) is 5.89. The van der Waals surface area contributed by atoms with Crippen molar-refractivity contribution in [1.29, 1.82) is 0 Å². The van der Waals surface area contributed by atoms with Crippen LogP contribution in [0.25, 0.3) is 10.9 Å². The van der Waals surface area contributed by atoms with Crippen LogP contribution in [-0.2, 0) is 16.8 Å². The smallest absolute Gasteiger partial charge is 0.332 e. The molecule has 5 nitrogen and oxygen atoms in total. The number of aromatic amines is 1. The van der Waals surface area contributed by atoms with Crippen LogP contribution in [-0.4, -0.2) is 28.4 Å². The number of hydrogen-bond donors (Lipinski definition) is 1. The first kappa shape index (κ1) is 20.7. The van der Waals surface area contributed by atoms with Crippen LogP contribution in [0.3, 0.4) is 0 Å². The van der Waals surface area contributed by atoms with Crippen molar-refractivity contribution in [3.63, 3.8) is 0 Å². The molecule has 4 aromatic rings. The third kappa shape index (κ3) is 2.73. The van der Waals surface area contributed by atoms with Crippen molar-refractivity contribution in [1.82, 2.24) is 9.88 Å². The van der Waals surface area contributed by atoms with Gasteiger partial charge in [-0.05, 0) is 60.7 Å². The molecule has 1 fully saturated rings. The Hall–Kier alpha value is -3.86. The number of hydrogen-bond acceptors (Lipinski definition) is 2. The predicted molar refractivity (Wildman–Crippen MR) is 134 cm³/mol. The fourth-order valence-corrected chi connectivity index (χ4v) is 5.67. The molecule has 5 heteroatoms. The van der Waals surface area contributed by atoms with Crippen molar-refractivity contribution in [2.24, 2.45) is 0 Å². The Balaban J connectivity index is 1.57. The number of nitrogens with one attached hydrogen (secondary N) is 1. The van der Waals surface area contributed by atoms with E-state index in [1.165, 1.54) is 10.5 Å². The van der Waals surface area contributed by atoms with E-state index in [9.17, 15) is 9.59 Å². The Morgan fingerprint density at radius 1 is 1.00 bits per heavy atom. The van der Waals surface area contributed by atoms with Gasteiger partial charge in [-0.1, -0.05) is 61.5 Å². The maximum absolute atomic E-state index is 14.0. The summed E-state index contributed by atoms with van der Waals surface area (Å²) < 4.78 is 0. The number of carbonyl (C=O) groups excluding carboxylic acids is 2. The zero-order valence-electron chi connectivity index (χ0n) is 19.6. The summed E-state index contributed by atoms with van der Waals surface area (Å²) in [6.45, 7) is 6.44. The van der Waals surface area contributed by atoms with Gasteiger partial charge in [-0.15, -0.1) is 0 Å². The Kier molecular flexibility index (Phi) is 4.46. The molecule has 1 N–H and O–H groups in total. The summed E-state index contributed by atoms with van der Waals surface area (Å²) in [5.74, 6) is -0.241. The molecule has 2 aliphatic rings. The minimum Gasteiger partial charge on any atom is -0.356 e. The molecule has 6 rings (SSSR count). The largest absolute Gasteiger partial charge is 0.356 e. The second kappa shape index (κ2) is 7.32. The molecule has 3 amide bonds. The first-order valence-corrected chi connectivity index (χ1v) is 11.9. The van der Waals surface area contributed by atoms with Gasteiger partial charge in [-0.3, -0.25) is 4.79 Å². The number of benzene rings is 3. The van der Waals surface area contributed by atoms with Gasteiger partial charge < -0.3 is 9.88 Å². The fraction of sp³-hybridized carbons (Fsp3) is 0.241. The first-order chi connectivity index (χ1) is 16.4. The van der Waals surface area contributed by atoms with Crippen molar-refractivity contribution in [2.45, 2.75) is 38.6 Å². The Bertz CT molecular complexity index is 1450. The number of H-pyrrole nitrogens is 1. The van der Waals surface area contributed by atoms with E-state index >= 15 is 0 Å². The second-order valence-corrected chi connectivity index (χ2v) is 9.55. The molecule has 2 aliphatic heterocycles. The summed E-state index contributed by atoms with van der Waals surface area (Å²) in [7, 11) is 0. The average molecular weight is 450 g/mol. The third-order valence-corrected chi connectivity index (χ3v) is 7.58. The topological polar surface area (TPSA) is 56.4 Å². The molecular formula is C29H27N3O2. The van der Waals surface area contributed by atoms with Crippen LogP contribution in [0.15, 0.2) is 72.8 Å². The van der Waals surface area contributed by atoms with Gasteiger partial charge >= 0.3 is 6.03 Å². The number of nitrogens with zero attached hydrogens (tertiary/aromatic N) is 2. The van der Waals surface area contributed by atoms with Crippen molar-refractivity contribution < 1.29 is 9.59 Å². The van der Waals surface area contributed by atoms with Crippen molar-refractivity contribution >= 4 is 28.5 Å². The van der Waals surface area contributed by atoms with Gasteiger partial charge in [0.05, 0.1) is 11.4 Å². The Morgan fingerprint density at radius 3 is 2.50 bits per heavy atom. The third-order valence-electron chi connectivity index (χ3n) is 7.58. The van der Waals surface area contributed by atoms with Gasteiger partial charge in [-0.25, -0.2) is 9.69 Å². The van der Waals surface area contributed by atoms with Gasteiger partial charge in [0.25, 0.3) is 5.91 Å². The number of anilines is 1. The monoisotopic (exact) mass is 449 g/mol. The number of rotatable bonds is 3. The summed E-state index contributed by atoms with van der Waals surface area (Å²) in [4.78, 5) is 34.4. The number of para-hydroxylation sites is 1. The zero-order valence-corrected chi connectivity index (χ0v) is 19.6. The van der Waals surface area contributed by atoms with Gasteiger partial charge in [0.2, 0.25) is 0 Å². The van der Waals surface area contributed by atoms with E-state index in [0.29, 0.717) is 12.2 Å². The number of imide groups is 1. The highest BCUT2D eigenvalue weighted by Gasteiger charge is 2.60. The maximum Gasteiger partial charge on any atom is 0.332 e. The van der Waals surface area contributed by atoms with Crippen LogP contribution in [0.2, 0.25) is 0 Å². The lowest BCUT2D eigenvalue weighted by atomic mass is 9.78. The van der Waals surface area contributed by atoms with E-state index in [4.69, 9.17) is 0 Å². The molecule has 0 saturated carbocycles. The lowest BCUT2D eigenvalue weighted by Gasteiger charge is -2.40. The van der Waals surface area contributed by atoms with Crippen molar-refractivity contribution in [2.75, 3.05) is 11.4 Å². The highest BCUT2D eigenvalue weighted by Crippen LogP contribution is 2.50. The van der Waals surface area contributed by atoms with Crippen LogP contribution >= 0.6 is 0 Å². The molecule has 0 spiro atoms. The second-order valence-electron chi connectivity index (χ2n) is 9.55. The molecule has 1 saturated heterocycles. The highest BCUT2D eigenvalue weighted by atomic mass is 16.2. The highest BCUT2D eigenvalue weighted by molar-refractivity contribution is 6.23. The molecule has 0 unspecified atom stereocenters. The number of urea groups is 1. The molecule has 0 radical (unpaired) electrons. The Morgan fingerprint density at radius 2 is 1.76 bits per heavy atom. The molecule has 170 valence electrons. The van der Waals surface area contributed by atoms with E-state index in [0.717, 1.165) is 39.7 Å². The number of amides is 3. The molecule has 2 atom stereocenters. The van der Waals surface area contributed by atoms with E-state index < -0.39 is 5.54 Å². The number of aryl methyl sites for hydroxylation is 2. The van der Waals surface area contributed by atoms with E-state index in [2.05, 4.69) is 42.2 Å². The van der Waals surface area contributed by atoms with Gasteiger partial charge in [0.1, 0.15) is 0 Å². The minimum atomic E-state index is -1.09. The summed E-state index contributed by atoms with van der Waals surface area (Å²) in [5, 5.41) is 1.11. The van der Waals surface area contributed by atoms with Gasteiger partial charge in [-0.2, -0.15) is 0 Å². The molecule has 0 bridgehead atoms. The molecule has 3 aromatic carbocycles. The van der Waals surface area contributed by atoms with Crippen LogP contribution in [0, 0.1) is 6.92 Å². The SMILES string of the molecule is CCc1ccc([C@@H]2CN3C(=O)N(c4cccc(C)c4)C(=O)[C@]3(C)c3[nH]c4ccccc4c32)cc1. The van der Waals surface area contributed by atoms with Gasteiger partial charge in [0.15, 0.2) is 5.54 Å². The number of aromatic nitrogens is 1. The van der Waals surface area contributed by atoms with Crippen molar-refractivity contribution in [3.8, 4) is 0 Å². The normalized spacial score (nSPS) is 21.8. The summed E-state index contributed by atoms with van der Waals surface area (Å²) in [6, 6.07) is 24.1.